The molecule has 0 aliphatic heterocycles. The monoisotopic (exact) mass is 330 g/mol. The SMILES string of the molecule is Cc1ccc(C2(O)CCc3cc(Br)ccc3C2)cc1C. The van der Waals surface area contributed by atoms with Crippen molar-refractivity contribution in [2.75, 3.05) is 0 Å². The summed E-state index contributed by atoms with van der Waals surface area (Å²) in [6.45, 7) is 4.22. The van der Waals surface area contributed by atoms with E-state index in [9.17, 15) is 5.11 Å². The van der Waals surface area contributed by atoms with Gasteiger partial charge < -0.3 is 5.11 Å². The Morgan fingerprint density at radius 3 is 2.55 bits per heavy atom. The van der Waals surface area contributed by atoms with Crippen molar-refractivity contribution in [1.82, 2.24) is 0 Å². The molecule has 2 aromatic carbocycles. The van der Waals surface area contributed by atoms with Gasteiger partial charge in [0.05, 0.1) is 5.60 Å². The Labute approximate surface area is 128 Å². The smallest absolute Gasteiger partial charge is 0.0940 e. The number of aryl methyl sites for hydroxylation is 3. The van der Waals surface area contributed by atoms with E-state index in [2.05, 4.69) is 66.2 Å². The zero-order chi connectivity index (χ0) is 14.3. The first-order valence-corrected chi connectivity index (χ1v) is 7.85. The Balaban J connectivity index is 1.98. The lowest BCUT2D eigenvalue weighted by molar-refractivity contribution is 0.0222. The molecule has 1 aliphatic carbocycles. The number of halogens is 1. The van der Waals surface area contributed by atoms with Crippen molar-refractivity contribution in [3.8, 4) is 0 Å². The van der Waals surface area contributed by atoms with E-state index in [-0.39, 0.29) is 0 Å². The molecule has 1 atom stereocenters. The van der Waals surface area contributed by atoms with E-state index in [0.717, 1.165) is 22.9 Å². The van der Waals surface area contributed by atoms with Gasteiger partial charge in [-0.1, -0.05) is 40.2 Å². The van der Waals surface area contributed by atoms with E-state index in [4.69, 9.17) is 0 Å². The van der Waals surface area contributed by atoms with Crippen molar-refractivity contribution in [3.05, 3.63) is 68.7 Å². The van der Waals surface area contributed by atoms with Gasteiger partial charge in [-0.3, -0.25) is 0 Å². The van der Waals surface area contributed by atoms with Crippen LogP contribution in [0.15, 0.2) is 40.9 Å². The summed E-state index contributed by atoms with van der Waals surface area (Å²) >= 11 is 3.52. The van der Waals surface area contributed by atoms with Crippen LogP contribution < -0.4 is 0 Å². The van der Waals surface area contributed by atoms with E-state index in [1.165, 1.54) is 22.3 Å². The van der Waals surface area contributed by atoms with E-state index in [1.54, 1.807) is 0 Å². The van der Waals surface area contributed by atoms with Gasteiger partial charge in [-0.2, -0.15) is 0 Å². The molecular weight excluding hydrogens is 312 g/mol. The van der Waals surface area contributed by atoms with Gasteiger partial charge in [0.15, 0.2) is 0 Å². The molecule has 2 heteroatoms. The van der Waals surface area contributed by atoms with Crippen molar-refractivity contribution in [3.63, 3.8) is 0 Å². The fourth-order valence-electron chi connectivity index (χ4n) is 3.02. The van der Waals surface area contributed by atoms with Crippen LogP contribution in [-0.4, -0.2) is 5.11 Å². The fourth-order valence-corrected chi connectivity index (χ4v) is 3.43. The van der Waals surface area contributed by atoms with Crippen LogP contribution in [0.4, 0.5) is 0 Å². The van der Waals surface area contributed by atoms with E-state index in [1.807, 2.05) is 0 Å². The minimum absolute atomic E-state index is 0.706. The average Bonchev–Trinajstić information content (AvgIpc) is 2.42. The van der Waals surface area contributed by atoms with E-state index < -0.39 is 5.60 Å². The Hall–Kier alpha value is -1.12. The molecular formula is C18H19BrO. The zero-order valence-electron chi connectivity index (χ0n) is 11.9. The summed E-state index contributed by atoms with van der Waals surface area (Å²) in [7, 11) is 0. The number of rotatable bonds is 1. The minimum Gasteiger partial charge on any atom is -0.385 e. The van der Waals surface area contributed by atoms with Gasteiger partial charge in [0.25, 0.3) is 0 Å². The van der Waals surface area contributed by atoms with Crippen LogP contribution in [0.3, 0.4) is 0 Å². The molecule has 3 rings (SSSR count). The lowest BCUT2D eigenvalue weighted by Crippen LogP contribution is -2.33. The van der Waals surface area contributed by atoms with Crippen LogP contribution in [0.5, 0.6) is 0 Å². The maximum absolute atomic E-state index is 11.1. The third kappa shape index (κ3) is 2.43. The molecule has 0 bridgehead atoms. The van der Waals surface area contributed by atoms with Gasteiger partial charge in [0.1, 0.15) is 0 Å². The summed E-state index contributed by atoms with van der Waals surface area (Å²) < 4.78 is 1.12. The summed E-state index contributed by atoms with van der Waals surface area (Å²) in [5, 5.41) is 11.1. The van der Waals surface area contributed by atoms with Gasteiger partial charge in [-0.25, -0.2) is 0 Å². The molecule has 0 radical (unpaired) electrons. The van der Waals surface area contributed by atoms with Crippen LogP contribution in [-0.2, 0) is 18.4 Å². The second-order valence-corrected chi connectivity index (χ2v) is 6.84. The Bertz CT molecular complexity index is 662. The largest absolute Gasteiger partial charge is 0.385 e. The second kappa shape index (κ2) is 5.01. The predicted octanol–water partition coefficient (Wildman–Crippen LogP) is 4.44. The normalized spacial score (nSPS) is 21.6. The van der Waals surface area contributed by atoms with Crippen LogP contribution in [0.25, 0.3) is 0 Å². The van der Waals surface area contributed by atoms with Gasteiger partial charge in [0, 0.05) is 10.9 Å². The first kappa shape index (κ1) is 13.8. The molecule has 104 valence electrons. The van der Waals surface area contributed by atoms with Crippen molar-refractivity contribution in [1.29, 1.82) is 0 Å². The Morgan fingerprint density at radius 2 is 1.80 bits per heavy atom. The Morgan fingerprint density at radius 1 is 1.00 bits per heavy atom. The summed E-state index contributed by atoms with van der Waals surface area (Å²) in [5.41, 5.74) is 5.47. The van der Waals surface area contributed by atoms with Crippen LogP contribution in [0.1, 0.15) is 34.2 Å². The molecule has 0 spiro atoms. The molecule has 1 nitrogen and oxygen atoms in total. The van der Waals surface area contributed by atoms with Crippen LogP contribution in [0.2, 0.25) is 0 Å². The van der Waals surface area contributed by atoms with E-state index >= 15 is 0 Å². The number of aliphatic hydroxyl groups is 1. The summed E-state index contributed by atoms with van der Waals surface area (Å²) in [4.78, 5) is 0. The predicted molar refractivity (Wildman–Crippen MR) is 86.0 cm³/mol. The molecule has 1 unspecified atom stereocenters. The zero-order valence-corrected chi connectivity index (χ0v) is 13.5. The molecule has 0 amide bonds. The quantitative estimate of drug-likeness (QED) is 0.819. The second-order valence-electron chi connectivity index (χ2n) is 5.92. The first-order valence-electron chi connectivity index (χ1n) is 7.05. The topological polar surface area (TPSA) is 20.2 Å². The highest BCUT2D eigenvalue weighted by Gasteiger charge is 2.33. The fraction of sp³-hybridized carbons (Fsp3) is 0.333. The highest BCUT2D eigenvalue weighted by atomic mass is 79.9. The Kier molecular flexibility index (Phi) is 3.47. The van der Waals surface area contributed by atoms with Crippen LogP contribution >= 0.6 is 15.9 Å². The molecule has 0 saturated carbocycles. The van der Waals surface area contributed by atoms with Crippen molar-refractivity contribution in [2.45, 2.75) is 38.7 Å². The standard InChI is InChI=1S/C18H19BrO/c1-12-3-5-16(9-13(12)2)18(20)8-7-14-10-17(19)6-4-15(14)11-18/h3-6,9-10,20H,7-8,11H2,1-2H3. The molecule has 1 aliphatic rings. The first-order chi connectivity index (χ1) is 9.48. The van der Waals surface area contributed by atoms with Crippen molar-refractivity contribution in [2.24, 2.45) is 0 Å². The van der Waals surface area contributed by atoms with Crippen molar-refractivity contribution >= 4 is 15.9 Å². The van der Waals surface area contributed by atoms with Gasteiger partial charge >= 0.3 is 0 Å². The van der Waals surface area contributed by atoms with Gasteiger partial charge in [-0.05, 0) is 66.6 Å². The van der Waals surface area contributed by atoms with E-state index in [0.29, 0.717) is 6.42 Å². The number of hydrogen-bond acceptors (Lipinski definition) is 1. The minimum atomic E-state index is -0.723. The third-order valence-electron chi connectivity index (χ3n) is 4.50. The molecule has 0 fully saturated rings. The molecule has 0 heterocycles. The van der Waals surface area contributed by atoms with Crippen molar-refractivity contribution < 1.29 is 5.11 Å². The third-order valence-corrected chi connectivity index (χ3v) is 5.00. The summed E-state index contributed by atoms with van der Waals surface area (Å²) in [5.74, 6) is 0. The number of fused-ring (bicyclic) bond motifs is 1. The highest BCUT2D eigenvalue weighted by molar-refractivity contribution is 9.10. The lowest BCUT2D eigenvalue weighted by atomic mass is 9.76. The van der Waals surface area contributed by atoms with Gasteiger partial charge in [-0.15, -0.1) is 0 Å². The van der Waals surface area contributed by atoms with Gasteiger partial charge in [0.2, 0.25) is 0 Å². The molecule has 0 aromatic heterocycles. The number of benzene rings is 2. The molecule has 0 saturated heterocycles. The maximum Gasteiger partial charge on any atom is 0.0940 e. The molecule has 20 heavy (non-hydrogen) atoms. The number of hydrogen-bond donors (Lipinski definition) is 1. The lowest BCUT2D eigenvalue weighted by Gasteiger charge is -2.34. The summed E-state index contributed by atoms with van der Waals surface area (Å²) in [6, 6.07) is 12.7. The maximum atomic E-state index is 11.1. The van der Waals surface area contributed by atoms with Crippen LogP contribution in [0, 0.1) is 13.8 Å². The molecule has 1 N–H and O–H groups in total. The molecule has 2 aromatic rings. The average molecular weight is 331 g/mol. The summed E-state index contributed by atoms with van der Waals surface area (Å²) in [6.07, 6.45) is 2.43. The highest BCUT2D eigenvalue weighted by Crippen LogP contribution is 2.37.